The van der Waals surface area contributed by atoms with Crippen LogP contribution in [0.2, 0.25) is 10.0 Å². The van der Waals surface area contributed by atoms with Gasteiger partial charge in [0.05, 0.1) is 10.6 Å². The fourth-order valence-electron chi connectivity index (χ4n) is 2.33. The van der Waals surface area contributed by atoms with E-state index in [1.807, 2.05) is 0 Å². The number of benzene rings is 2. The zero-order chi connectivity index (χ0) is 17.8. The van der Waals surface area contributed by atoms with Crippen LogP contribution >= 0.6 is 35.0 Å². The third kappa shape index (κ3) is 4.37. The molecule has 4 nitrogen and oxygen atoms in total. The Bertz CT molecular complexity index is 987. The summed E-state index contributed by atoms with van der Waals surface area (Å²) >= 11 is 13.5. The molecule has 0 fully saturated rings. The lowest BCUT2D eigenvalue weighted by Crippen LogP contribution is -2.14. The number of hydrogen-bond donors (Lipinski definition) is 1. The number of carbonyl (C=O) groups excluding carboxylic acids is 1. The van der Waals surface area contributed by atoms with E-state index in [1.54, 1.807) is 42.5 Å². The van der Waals surface area contributed by atoms with E-state index in [1.165, 1.54) is 17.8 Å². The van der Waals surface area contributed by atoms with Crippen molar-refractivity contribution in [3.05, 3.63) is 74.5 Å². The van der Waals surface area contributed by atoms with Crippen molar-refractivity contribution < 1.29 is 9.53 Å². The highest BCUT2D eigenvalue weighted by Crippen LogP contribution is 2.29. The zero-order valence-electron chi connectivity index (χ0n) is 12.9. The van der Waals surface area contributed by atoms with Crippen molar-refractivity contribution >= 4 is 51.8 Å². The van der Waals surface area contributed by atoms with Gasteiger partial charge >= 0.3 is 5.97 Å². The summed E-state index contributed by atoms with van der Waals surface area (Å²) in [6.07, 6.45) is 0. The summed E-state index contributed by atoms with van der Waals surface area (Å²) in [7, 11) is 0. The Morgan fingerprint density at radius 2 is 1.92 bits per heavy atom. The van der Waals surface area contributed by atoms with Gasteiger partial charge < -0.3 is 9.72 Å². The monoisotopic (exact) mass is 393 g/mol. The first-order valence-electron chi connectivity index (χ1n) is 7.41. The molecule has 0 atom stereocenters. The number of thioether (sulfide) groups is 1. The summed E-state index contributed by atoms with van der Waals surface area (Å²) in [5, 5.41) is 1.85. The van der Waals surface area contributed by atoms with E-state index in [0.29, 0.717) is 26.7 Å². The fraction of sp³-hybridized carbons (Fsp3) is 0.111. The number of carbonyl (C=O) groups is 1. The van der Waals surface area contributed by atoms with Crippen LogP contribution in [-0.2, 0) is 4.74 Å². The van der Waals surface area contributed by atoms with Gasteiger partial charge in [-0.2, -0.15) is 0 Å². The van der Waals surface area contributed by atoms with Gasteiger partial charge in [0.15, 0.2) is 0 Å². The van der Waals surface area contributed by atoms with Gasteiger partial charge in [0.2, 0.25) is 5.56 Å². The van der Waals surface area contributed by atoms with Crippen LogP contribution < -0.4 is 5.56 Å². The standard InChI is InChI=1S/C18H13Cl2NO3S/c19-11-5-6-14(20)16(9-11)25-8-7-24-18(23)13-10-17(22)21-15-4-2-1-3-12(13)15/h1-6,9-10H,7-8H2,(H,21,22). The molecule has 0 saturated carbocycles. The molecule has 0 aliphatic heterocycles. The Labute approximate surface area is 158 Å². The maximum absolute atomic E-state index is 12.3. The first-order valence-corrected chi connectivity index (χ1v) is 9.16. The average Bonchev–Trinajstić information content (AvgIpc) is 2.60. The molecule has 0 amide bonds. The van der Waals surface area contributed by atoms with Gasteiger partial charge in [-0.1, -0.05) is 41.4 Å². The minimum Gasteiger partial charge on any atom is -0.461 e. The van der Waals surface area contributed by atoms with Crippen molar-refractivity contribution in [1.82, 2.24) is 4.98 Å². The van der Waals surface area contributed by atoms with Gasteiger partial charge in [-0.15, -0.1) is 11.8 Å². The average molecular weight is 394 g/mol. The van der Waals surface area contributed by atoms with E-state index in [0.717, 1.165) is 4.90 Å². The van der Waals surface area contributed by atoms with E-state index in [2.05, 4.69) is 4.98 Å². The molecule has 0 saturated heterocycles. The maximum atomic E-state index is 12.3. The van der Waals surface area contributed by atoms with Crippen LogP contribution in [0.15, 0.2) is 58.2 Å². The molecule has 0 aliphatic carbocycles. The van der Waals surface area contributed by atoms with Crippen molar-refractivity contribution in [3.63, 3.8) is 0 Å². The third-order valence-electron chi connectivity index (χ3n) is 3.44. The van der Waals surface area contributed by atoms with E-state index < -0.39 is 5.97 Å². The molecule has 7 heteroatoms. The number of pyridine rings is 1. The highest BCUT2D eigenvalue weighted by molar-refractivity contribution is 7.99. The number of para-hydroxylation sites is 1. The summed E-state index contributed by atoms with van der Waals surface area (Å²) in [4.78, 5) is 27.5. The van der Waals surface area contributed by atoms with Crippen LogP contribution in [0, 0.1) is 0 Å². The van der Waals surface area contributed by atoms with Crippen molar-refractivity contribution in [2.24, 2.45) is 0 Å². The summed E-state index contributed by atoms with van der Waals surface area (Å²) in [6.45, 7) is 0.188. The van der Waals surface area contributed by atoms with E-state index in [-0.39, 0.29) is 17.7 Å². The number of fused-ring (bicyclic) bond motifs is 1. The Morgan fingerprint density at radius 1 is 1.12 bits per heavy atom. The van der Waals surface area contributed by atoms with Gasteiger partial charge in [-0.05, 0) is 24.3 Å². The lowest BCUT2D eigenvalue weighted by Gasteiger charge is -2.08. The van der Waals surface area contributed by atoms with Crippen LogP contribution in [0.4, 0.5) is 0 Å². The smallest absolute Gasteiger partial charge is 0.339 e. The summed E-state index contributed by atoms with van der Waals surface area (Å²) in [6, 6.07) is 13.6. The number of H-pyrrole nitrogens is 1. The number of aromatic amines is 1. The second kappa shape index (κ2) is 7.95. The minimum absolute atomic E-state index is 0.188. The number of rotatable bonds is 5. The van der Waals surface area contributed by atoms with Gasteiger partial charge in [-0.25, -0.2) is 4.79 Å². The van der Waals surface area contributed by atoms with Gasteiger partial charge in [0.25, 0.3) is 0 Å². The number of hydrogen-bond acceptors (Lipinski definition) is 4. The highest BCUT2D eigenvalue weighted by atomic mass is 35.5. The molecule has 25 heavy (non-hydrogen) atoms. The Kier molecular flexibility index (Phi) is 5.68. The molecule has 1 heterocycles. The predicted octanol–water partition coefficient (Wildman–Crippen LogP) is 4.78. The number of halogens is 2. The Balaban J connectivity index is 1.65. The van der Waals surface area contributed by atoms with Crippen molar-refractivity contribution in [2.75, 3.05) is 12.4 Å². The van der Waals surface area contributed by atoms with Crippen molar-refractivity contribution in [1.29, 1.82) is 0 Å². The molecular weight excluding hydrogens is 381 g/mol. The number of ether oxygens (including phenoxy) is 1. The molecule has 0 radical (unpaired) electrons. The largest absolute Gasteiger partial charge is 0.461 e. The van der Waals surface area contributed by atoms with Crippen molar-refractivity contribution in [3.8, 4) is 0 Å². The number of esters is 1. The molecule has 3 rings (SSSR count). The molecule has 0 bridgehead atoms. The van der Waals surface area contributed by atoms with Crippen LogP contribution in [0.3, 0.4) is 0 Å². The molecule has 1 N–H and O–H groups in total. The quantitative estimate of drug-likeness (QED) is 0.384. The summed E-state index contributed by atoms with van der Waals surface area (Å²) in [5.41, 5.74) is 0.512. The maximum Gasteiger partial charge on any atom is 0.339 e. The Hall–Kier alpha value is -1.95. The summed E-state index contributed by atoms with van der Waals surface area (Å²) < 4.78 is 5.29. The third-order valence-corrected chi connectivity index (χ3v) is 5.13. The normalized spacial score (nSPS) is 10.8. The van der Waals surface area contributed by atoms with E-state index in [4.69, 9.17) is 27.9 Å². The van der Waals surface area contributed by atoms with Gasteiger partial charge in [0, 0.05) is 32.6 Å². The predicted molar refractivity (Wildman–Crippen MR) is 102 cm³/mol. The lowest BCUT2D eigenvalue weighted by atomic mass is 10.1. The first kappa shape index (κ1) is 17.9. The molecule has 1 aromatic heterocycles. The van der Waals surface area contributed by atoms with E-state index >= 15 is 0 Å². The minimum atomic E-state index is -0.528. The fourth-order valence-corrected chi connectivity index (χ4v) is 3.65. The zero-order valence-corrected chi connectivity index (χ0v) is 15.3. The van der Waals surface area contributed by atoms with Gasteiger partial charge in [-0.3, -0.25) is 4.79 Å². The number of nitrogens with one attached hydrogen (secondary N) is 1. The molecule has 3 aromatic rings. The molecular formula is C18H13Cl2NO3S. The molecule has 2 aromatic carbocycles. The van der Waals surface area contributed by atoms with Crippen LogP contribution in [-0.4, -0.2) is 23.3 Å². The second-order valence-corrected chi connectivity index (χ2v) is 7.13. The Morgan fingerprint density at radius 3 is 2.76 bits per heavy atom. The first-order chi connectivity index (χ1) is 12.0. The summed E-state index contributed by atoms with van der Waals surface area (Å²) in [5.74, 6) is -0.00693. The SMILES string of the molecule is O=C(OCCSc1cc(Cl)ccc1Cl)c1cc(=O)[nH]c2ccccc12. The van der Waals surface area contributed by atoms with Gasteiger partial charge in [0.1, 0.15) is 6.61 Å². The highest BCUT2D eigenvalue weighted by Gasteiger charge is 2.13. The van der Waals surface area contributed by atoms with Crippen LogP contribution in [0.5, 0.6) is 0 Å². The van der Waals surface area contributed by atoms with E-state index in [9.17, 15) is 9.59 Å². The number of aromatic nitrogens is 1. The van der Waals surface area contributed by atoms with Crippen LogP contribution in [0.1, 0.15) is 10.4 Å². The lowest BCUT2D eigenvalue weighted by molar-refractivity contribution is 0.0532. The molecule has 0 aliphatic rings. The topological polar surface area (TPSA) is 59.2 Å². The molecule has 0 spiro atoms. The second-order valence-electron chi connectivity index (χ2n) is 5.15. The van der Waals surface area contributed by atoms with Crippen LogP contribution in [0.25, 0.3) is 10.9 Å². The molecule has 128 valence electrons. The van der Waals surface area contributed by atoms with Crippen molar-refractivity contribution in [2.45, 2.75) is 4.90 Å². The molecule has 0 unspecified atom stereocenters.